The summed E-state index contributed by atoms with van der Waals surface area (Å²) in [5.74, 6) is 0.517. The quantitative estimate of drug-likeness (QED) is 0.745. The summed E-state index contributed by atoms with van der Waals surface area (Å²) in [7, 11) is -3.12. The van der Waals surface area contributed by atoms with Gasteiger partial charge in [-0.25, -0.2) is 8.42 Å². The summed E-state index contributed by atoms with van der Waals surface area (Å²) in [6.07, 6.45) is -0.503. The molecule has 0 aromatic rings. The topological polar surface area (TPSA) is 57.6 Å². The minimum Gasteiger partial charge on any atom is -0.391 e. The highest BCUT2D eigenvalue weighted by Gasteiger charge is 2.38. The lowest BCUT2D eigenvalue weighted by molar-refractivity contribution is 0.122. The lowest BCUT2D eigenvalue weighted by Gasteiger charge is -2.17. The van der Waals surface area contributed by atoms with Gasteiger partial charge in [-0.3, -0.25) is 0 Å². The van der Waals surface area contributed by atoms with E-state index in [4.69, 9.17) is 0 Å². The molecule has 84 valence electrons. The predicted molar refractivity (Wildman–Crippen MR) is 55.4 cm³/mol. The maximum absolute atomic E-state index is 11.5. The van der Waals surface area contributed by atoms with Crippen molar-refractivity contribution < 1.29 is 13.5 Å². The van der Waals surface area contributed by atoms with Crippen LogP contribution in [0, 0.1) is 11.8 Å². The van der Waals surface area contributed by atoms with Crippen molar-refractivity contribution in [3.05, 3.63) is 0 Å². The first-order valence-electron chi connectivity index (χ1n) is 5.04. The Labute approximate surface area is 86.0 Å². The minimum absolute atomic E-state index is 0.0799. The number of rotatable bonds is 3. The second kappa shape index (κ2) is 4.16. The SMILES string of the molecule is CCS(=O)(=O)N1CC(O)C(C(C)C)C1. The molecule has 1 heterocycles. The van der Waals surface area contributed by atoms with Crippen molar-refractivity contribution in [2.24, 2.45) is 11.8 Å². The zero-order valence-corrected chi connectivity index (χ0v) is 9.79. The van der Waals surface area contributed by atoms with Crippen LogP contribution in [0.15, 0.2) is 0 Å². The Hall–Kier alpha value is -0.130. The number of hydrogen-bond acceptors (Lipinski definition) is 3. The van der Waals surface area contributed by atoms with Crippen LogP contribution in [0.1, 0.15) is 20.8 Å². The van der Waals surface area contributed by atoms with Crippen molar-refractivity contribution >= 4 is 10.0 Å². The van der Waals surface area contributed by atoms with Gasteiger partial charge in [0.25, 0.3) is 0 Å². The molecule has 0 aromatic heterocycles. The normalized spacial score (nSPS) is 30.1. The summed E-state index contributed by atoms with van der Waals surface area (Å²) in [6.45, 7) is 6.38. The Morgan fingerprint density at radius 3 is 2.36 bits per heavy atom. The number of aliphatic hydroxyl groups is 1. The third-order valence-corrected chi connectivity index (χ3v) is 4.73. The summed E-state index contributed by atoms with van der Waals surface area (Å²) < 4.78 is 24.5. The molecule has 0 aliphatic carbocycles. The Bertz CT molecular complexity index is 286. The molecule has 1 fully saturated rings. The second-order valence-electron chi connectivity index (χ2n) is 4.19. The fourth-order valence-electron chi connectivity index (χ4n) is 1.84. The molecule has 4 nitrogen and oxygen atoms in total. The summed E-state index contributed by atoms with van der Waals surface area (Å²) in [5, 5.41) is 9.68. The molecule has 1 N–H and O–H groups in total. The lowest BCUT2D eigenvalue weighted by atomic mass is 9.93. The van der Waals surface area contributed by atoms with Crippen LogP contribution in [0.2, 0.25) is 0 Å². The minimum atomic E-state index is -3.12. The molecule has 2 atom stereocenters. The Balaban J connectivity index is 2.73. The summed E-state index contributed by atoms with van der Waals surface area (Å²) >= 11 is 0. The molecule has 0 radical (unpaired) electrons. The predicted octanol–water partition coefficient (Wildman–Crippen LogP) is 0.285. The van der Waals surface area contributed by atoms with E-state index in [0.29, 0.717) is 12.5 Å². The molecular weight excluding hydrogens is 202 g/mol. The number of hydrogen-bond donors (Lipinski definition) is 1. The number of sulfonamides is 1. The van der Waals surface area contributed by atoms with Crippen molar-refractivity contribution in [3.8, 4) is 0 Å². The van der Waals surface area contributed by atoms with Gasteiger partial charge in [0.15, 0.2) is 0 Å². The van der Waals surface area contributed by atoms with E-state index in [1.165, 1.54) is 4.31 Å². The van der Waals surface area contributed by atoms with Crippen LogP contribution >= 0.6 is 0 Å². The van der Waals surface area contributed by atoms with Crippen LogP contribution in [0.4, 0.5) is 0 Å². The van der Waals surface area contributed by atoms with E-state index in [9.17, 15) is 13.5 Å². The maximum Gasteiger partial charge on any atom is 0.213 e. The van der Waals surface area contributed by atoms with Gasteiger partial charge in [-0.1, -0.05) is 13.8 Å². The molecule has 0 bridgehead atoms. The van der Waals surface area contributed by atoms with E-state index in [1.54, 1.807) is 6.92 Å². The van der Waals surface area contributed by atoms with E-state index >= 15 is 0 Å². The molecule has 0 aromatic carbocycles. The number of aliphatic hydroxyl groups excluding tert-OH is 1. The molecule has 1 aliphatic rings. The molecule has 1 saturated heterocycles. The van der Waals surface area contributed by atoms with Crippen molar-refractivity contribution in [2.45, 2.75) is 26.9 Å². The fraction of sp³-hybridized carbons (Fsp3) is 1.00. The van der Waals surface area contributed by atoms with E-state index in [-0.39, 0.29) is 18.2 Å². The summed E-state index contributed by atoms with van der Waals surface area (Å²) in [4.78, 5) is 0. The summed E-state index contributed by atoms with van der Waals surface area (Å²) in [6, 6.07) is 0. The highest BCUT2D eigenvalue weighted by Crippen LogP contribution is 2.26. The lowest BCUT2D eigenvalue weighted by Crippen LogP contribution is -2.31. The van der Waals surface area contributed by atoms with Crippen molar-refractivity contribution in [1.82, 2.24) is 4.31 Å². The highest BCUT2D eigenvalue weighted by atomic mass is 32.2. The molecule has 1 aliphatic heterocycles. The van der Waals surface area contributed by atoms with E-state index < -0.39 is 16.1 Å². The maximum atomic E-state index is 11.5. The first-order chi connectivity index (χ1) is 6.38. The van der Waals surface area contributed by atoms with Crippen molar-refractivity contribution in [2.75, 3.05) is 18.8 Å². The molecule has 0 spiro atoms. The van der Waals surface area contributed by atoms with Gasteiger partial charge in [0.2, 0.25) is 10.0 Å². The standard InChI is InChI=1S/C9H19NO3S/c1-4-14(12,13)10-5-8(7(2)3)9(11)6-10/h7-9,11H,4-6H2,1-3H3. The van der Waals surface area contributed by atoms with Crippen LogP contribution in [-0.4, -0.2) is 42.8 Å². The van der Waals surface area contributed by atoms with Crippen LogP contribution in [0.25, 0.3) is 0 Å². The molecule has 0 saturated carbocycles. The van der Waals surface area contributed by atoms with Gasteiger partial charge in [-0.05, 0) is 12.8 Å². The molecule has 2 unspecified atom stereocenters. The van der Waals surface area contributed by atoms with E-state index in [0.717, 1.165) is 0 Å². The molecule has 14 heavy (non-hydrogen) atoms. The van der Waals surface area contributed by atoms with Gasteiger partial charge in [0, 0.05) is 19.0 Å². The average Bonchev–Trinajstić information content (AvgIpc) is 2.48. The number of nitrogens with zero attached hydrogens (tertiary/aromatic N) is 1. The third kappa shape index (κ3) is 2.27. The first kappa shape index (κ1) is 11.9. The number of β-amino-alcohol motifs (C(OH)–C–C–N with tert-alkyl or cyclic N) is 1. The first-order valence-corrected chi connectivity index (χ1v) is 6.65. The zero-order chi connectivity index (χ0) is 10.9. The smallest absolute Gasteiger partial charge is 0.213 e. The molecule has 5 heteroatoms. The Morgan fingerprint density at radius 1 is 1.43 bits per heavy atom. The van der Waals surface area contributed by atoms with Crippen molar-refractivity contribution in [1.29, 1.82) is 0 Å². The van der Waals surface area contributed by atoms with Gasteiger partial charge in [0.1, 0.15) is 0 Å². The van der Waals surface area contributed by atoms with Crippen LogP contribution in [0.5, 0.6) is 0 Å². The highest BCUT2D eigenvalue weighted by molar-refractivity contribution is 7.89. The van der Waals surface area contributed by atoms with Crippen LogP contribution in [-0.2, 0) is 10.0 Å². The van der Waals surface area contributed by atoms with Gasteiger partial charge in [-0.15, -0.1) is 0 Å². The van der Waals surface area contributed by atoms with Crippen LogP contribution in [0.3, 0.4) is 0 Å². The van der Waals surface area contributed by atoms with Crippen LogP contribution < -0.4 is 0 Å². The largest absolute Gasteiger partial charge is 0.391 e. The zero-order valence-electron chi connectivity index (χ0n) is 8.97. The third-order valence-electron chi connectivity index (χ3n) is 2.91. The average molecular weight is 221 g/mol. The Kier molecular flexibility index (Phi) is 3.55. The van der Waals surface area contributed by atoms with Gasteiger partial charge >= 0.3 is 0 Å². The van der Waals surface area contributed by atoms with E-state index in [1.807, 2.05) is 13.8 Å². The summed E-state index contributed by atoms with van der Waals surface area (Å²) in [5.41, 5.74) is 0. The Morgan fingerprint density at radius 2 is 2.00 bits per heavy atom. The van der Waals surface area contributed by atoms with Crippen molar-refractivity contribution in [3.63, 3.8) is 0 Å². The molecule has 0 amide bonds. The van der Waals surface area contributed by atoms with Gasteiger partial charge < -0.3 is 5.11 Å². The van der Waals surface area contributed by atoms with Gasteiger partial charge in [0.05, 0.1) is 11.9 Å². The second-order valence-corrected chi connectivity index (χ2v) is 6.45. The fourth-order valence-corrected chi connectivity index (χ4v) is 2.98. The molecule has 1 rings (SSSR count). The molecular formula is C9H19NO3S. The monoisotopic (exact) mass is 221 g/mol. The van der Waals surface area contributed by atoms with Gasteiger partial charge in [-0.2, -0.15) is 4.31 Å². The van der Waals surface area contributed by atoms with E-state index in [2.05, 4.69) is 0 Å².